The summed E-state index contributed by atoms with van der Waals surface area (Å²) in [4.78, 5) is 8.80. The number of fused-ring (bicyclic) bond motifs is 1. The molecule has 0 saturated heterocycles. The molecule has 0 radical (unpaired) electrons. The van der Waals surface area contributed by atoms with Gasteiger partial charge in [0.25, 0.3) is 0 Å². The van der Waals surface area contributed by atoms with Gasteiger partial charge in [0.15, 0.2) is 0 Å². The first kappa shape index (κ1) is 16.1. The van der Waals surface area contributed by atoms with Crippen LogP contribution in [-0.4, -0.2) is 20.6 Å². The minimum absolute atomic E-state index is 0.331. The Labute approximate surface area is 148 Å². The molecule has 1 fully saturated rings. The summed E-state index contributed by atoms with van der Waals surface area (Å²) in [7, 11) is 0. The molecule has 0 aliphatic heterocycles. The number of rotatable bonds is 2. The van der Waals surface area contributed by atoms with Crippen LogP contribution in [0, 0.1) is 13.8 Å². The average molecular weight is 335 g/mol. The zero-order valence-electron chi connectivity index (χ0n) is 14.9. The maximum absolute atomic E-state index is 6.24. The van der Waals surface area contributed by atoms with Gasteiger partial charge < -0.3 is 16.0 Å². The lowest BCUT2D eigenvalue weighted by atomic mass is 9.92. The molecule has 4 rings (SSSR count). The number of aromatic nitrogens is 3. The van der Waals surface area contributed by atoms with E-state index in [1.165, 1.54) is 16.7 Å². The Morgan fingerprint density at radius 3 is 2.52 bits per heavy atom. The molecule has 25 heavy (non-hydrogen) atoms. The van der Waals surface area contributed by atoms with Crippen molar-refractivity contribution in [2.24, 2.45) is 5.73 Å². The van der Waals surface area contributed by atoms with Gasteiger partial charge in [-0.3, -0.25) is 0 Å². The van der Waals surface area contributed by atoms with E-state index in [4.69, 9.17) is 11.5 Å². The predicted octanol–water partition coefficient (Wildman–Crippen LogP) is 3.74. The quantitative estimate of drug-likeness (QED) is 0.747. The van der Waals surface area contributed by atoms with Crippen LogP contribution in [0.4, 0.5) is 5.82 Å². The normalized spacial score (nSPS) is 20.9. The highest BCUT2D eigenvalue weighted by molar-refractivity contribution is 6.00. The van der Waals surface area contributed by atoms with Gasteiger partial charge in [-0.05, 0) is 56.2 Å². The highest BCUT2D eigenvalue weighted by atomic mass is 15.1. The number of nitrogens with zero attached hydrogens (tertiary/aromatic N) is 3. The third-order valence-corrected chi connectivity index (χ3v) is 5.59. The maximum Gasteiger partial charge on any atom is 0.146 e. The number of hydrogen-bond acceptors (Lipinski definition) is 4. The molecule has 0 bridgehead atoms. The lowest BCUT2D eigenvalue weighted by Gasteiger charge is -2.27. The Morgan fingerprint density at radius 1 is 1.04 bits per heavy atom. The van der Waals surface area contributed by atoms with E-state index in [0.29, 0.717) is 17.9 Å². The molecule has 4 N–H and O–H groups in total. The summed E-state index contributed by atoms with van der Waals surface area (Å²) in [6.07, 6.45) is 8.06. The molecule has 2 heterocycles. The van der Waals surface area contributed by atoms with Crippen LogP contribution in [0.15, 0.2) is 30.7 Å². The van der Waals surface area contributed by atoms with Crippen LogP contribution in [0.25, 0.3) is 22.2 Å². The molecule has 1 aliphatic rings. The van der Waals surface area contributed by atoms with Crippen molar-refractivity contribution in [1.29, 1.82) is 0 Å². The Hall–Kier alpha value is -2.40. The van der Waals surface area contributed by atoms with E-state index in [-0.39, 0.29) is 0 Å². The summed E-state index contributed by atoms with van der Waals surface area (Å²) in [6, 6.07) is 7.30. The third-order valence-electron chi connectivity index (χ3n) is 5.59. The van der Waals surface area contributed by atoms with Crippen molar-refractivity contribution in [3.63, 3.8) is 0 Å². The van der Waals surface area contributed by atoms with E-state index in [9.17, 15) is 0 Å². The van der Waals surface area contributed by atoms with E-state index < -0.39 is 0 Å². The second-order valence-electron chi connectivity index (χ2n) is 7.28. The van der Waals surface area contributed by atoms with Crippen LogP contribution < -0.4 is 11.5 Å². The highest BCUT2D eigenvalue weighted by Gasteiger charge is 2.24. The molecule has 0 spiro atoms. The fourth-order valence-electron chi connectivity index (χ4n) is 3.89. The Kier molecular flexibility index (Phi) is 3.96. The molecule has 2 aromatic heterocycles. The zero-order chi connectivity index (χ0) is 17.6. The first-order chi connectivity index (χ1) is 12.0. The highest BCUT2D eigenvalue weighted by Crippen LogP contribution is 2.38. The SMILES string of the molecule is Cc1ccc(-c2cn(C3CCC(N)CC3)c3ncnc(N)c23)cc1C. The van der Waals surface area contributed by atoms with Crippen LogP contribution in [0.5, 0.6) is 0 Å². The molecule has 1 saturated carbocycles. The Morgan fingerprint density at radius 2 is 1.80 bits per heavy atom. The molecule has 5 nitrogen and oxygen atoms in total. The van der Waals surface area contributed by atoms with Crippen molar-refractivity contribution in [2.75, 3.05) is 5.73 Å². The molecule has 1 aromatic carbocycles. The fourth-order valence-corrected chi connectivity index (χ4v) is 3.89. The molecule has 3 aromatic rings. The van der Waals surface area contributed by atoms with Crippen molar-refractivity contribution < 1.29 is 0 Å². The van der Waals surface area contributed by atoms with Gasteiger partial charge in [-0.1, -0.05) is 18.2 Å². The van der Waals surface area contributed by atoms with Crippen molar-refractivity contribution in [2.45, 2.75) is 51.6 Å². The number of nitrogens with two attached hydrogens (primary N) is 2. The van der Waals surface area contributed by atoms with Gasteiger partial charge in [0.1, 0.15) is 17.8 Å². The molecule has 0 atom stereocenters. The maximum atomic E-state index is 6.24. The lowest BCUT2D eigenvalue weighted by Crippen LogP contribution is -2.27. The number of hydrogen-bond donors (Lipinski definition) is 2. The molecule has 5 heteroatoms. The van der Waals surface area contributed by atoms with Gasteiger partial charge in [-0.2, -0.15) is 0 Å². The van der Waals surface area contributed by atoms with Gasteiger partial charge in [-0.15, -0.1) is 0 Å². The standard InChI is InChI=1S/C20H25N5/c1-12-3-4-14(9-13(12)2)17-10-25(16-7-5-15(21)6-8-16)20-18(17)19(22)23-11-24-20/h3-4,9-11,15-16H,5-8,21H2,1-2H3,(H2,22,23,24). The van der Waals surface area contributed by atoms with E-state index in [1.807, 2.05) is 0 Å². The van der Waals surface area contributed by atoms with Crippen LogP contribution in [0.2, 0.25) is 0 Å². The van der Waals surface area contributed by atoms with Crippen molar-refractivity contribution in [1.82, 2.24) is 14.5 Å². The van der Waals surface area contributed by atoms with Gasteiger partial charge in [0.2, 0.25) is 0 Å². The second-order valence-corrected chi connectivity index (χ2v) is 7.28. The largest absolute Gasteiger partial charge is 0.383 e. The number of aryl methyl sites for hydroxylation is 2. The van der Waals surface area contributed by atoms with Crippen LogP contribution >= 0.6 is 0 Å². The molecule has 0 amide bonds. The number of nitrogen functional groups attached to an aromatic ring is 1. The first-order valence-corrected chi connectivity index (χ1v) is 8.99. The Bertz CT molecular complexity index is 919. The zero-order valence-corrected chi connectivity index (χ0v) is 14.9. The predicted molar refractivity (Wildman–Crippen MR) is 102 cm³/mol. The Balaban J connectivity index is 1.88. The summed E-state index contributed by atoms with van der Waals surface area (Å²) in [5.41, 5.74) is 18.1. The van der Waals surface area contributed by atoms with Gasteiger partial charge >= 0.3 is 0 Å². The van der Waals surface area contributed by atoms with E-state index in [0.717, 1.165) is 42.3 Å². The average Bonchev–Trinajstić information content (AvgIpc) is 2.99. The van der Waals surface area contributed by atoms with Crippen LogP contribution in [0.3, 0.4) is 0 Å². The second kappa shape index (κ2) is 6.15. The summed E-state index contributed by atoms with van der Waals surface area (Å²) >= 11 is 0. The minimum Gasteiger partial charge on any atom is -0.383 e. The summed E-state index contributed by atoms with van der Waals surface area (Å²) in [5.74, 6) is 0.546. The smallest absolute Gasteiger partial charge is 0.146 e. The summed E-state index contributed by atoms with van der Waals surface area (Å²) in [5, 5.41) is 0.959. The molecule has 130 valence electrons. The number of anilines is 1. The van der Waals surface area contributed by atoms with Crippen LogP contribution in [-0.2, 0) is 0 Å². The lowest BCUT2D eigenvalue weighted by molar-refractivity contribution is 0.329. The van der Waals surface area contributed by atoms with E-state index >= 15 is 0 Å². The monoisotopic (exact) mass is 335 g/mol. The van der Waals surface area contributed by atoms with Crippen molar-refractivity contribution in [3.05, 3.63) is 41.9 Å². The van der Waals surface area contributed by atoms with Gasteiger partial charge in [-0.25, -0.2) is 9.97 Å². The minimum atomic E-state index is 0.331. The topological polar surface area (TPSA) is 82.8 Å². The number of benzene rings is 1. The third kappa shape index (κ3) is 2.78. The van der Waals surface area contributed by atoms with Crippen molar-refractivity contribution in [3.8, 4) is 11.1 Å². The summed E-state index contributed by atoms with van der Waals surface area (Å²) < 4.78 is 2.30. The first-order valence-electron chi connectivity index (χ1n) is 8.99. The molecule has 1 aliphatic carbocycles. The molecular formula is C20H25N5. The van der Waals surface area contributed by atoms with Gasteiger partial charge in [0.05, 0.1) is 5.39 Å². The van der Waals surface area contributed by atoms with Gasteiger partial charge in [0, 0.05) is 23.8 Å². The van der Waals surface area contributed by atoms with E-state index in [2.05, 4.69) is 52.8 Å². The van der Waals surface area contributed by atoms with E-state index in [1.54, 1.807) is 6.33 Å². The molecular weight excluding hydrogens is 310 g/mol. The summed E-state index contributed by atoms with van der Waals surface area (Å²) in [6.45, 7) is 4.27. The fraction of sp³-hybridized carbons (Fsp3) is 0.400. The van der Waals surface area contributed by atoms with Crippen molar-refractivity contribution >= 4 is 16.9 Å². The van der Waals surface area contributed by atoms with Crippen LogP contribution in [0.1, 0.15) is 42.9 Å². The molecule has 0 unspecified atom stereocenters.